The minimum absolute atomic E-state index is 0.243. The summed E-state index contributed by atoms with van der Waals surface area (Å²) in [5, 5.41) is 9.07. The number of hydrogen-bond acceptors (Lipinski definition) is 2. The number of nitrogen functional groups attached to an aromatic ring is 1. The van der Waals surface area contributed by atoms with Gasteiger partial charge in [0.2, 0.25) is 0 Å². The Balaban J connectivity index is 3.12. The highest BCUT2D eigenvalue weighted by atomic mass is 16.3. The van der Waals surface area contributed by atoms with Crippen molar-refractivity contribution in [3.05, 3.63) is 29.8 Å². The van der Waals surface area contributed by atoms with Gasteiger partial charge in [0.05, 0.1) is 0 Å². The van der Waals surface area contributed by atoms with Crippen LogP contribution in [-0.2, 0) is 0 Å². The van der Waals surface area contributed by atoms with Crippen molar-refractivity contribution in [3.63, 3.8) is 0 Å². The average Bonchev–Trinajstić information content (AvgIpc) is 1.98. The van der Waals surface area contributed by atoms with Crippen LogP contribution in [0.15, 0.2) is 24.3 Å². The average molecular weight is 149 g/mol. The quantitative estimate of drug-likeness (QED) is 0.474. The number of rotatable bonds is 1. The predicted molar refractivity (Wildman–Crippen MR) is 47.2 cm³/mol. The molecule has 2 heteroatoms. The molecule has 0 heterocycles. The number of anilines is 1. The molecule has 0 radical (unpaired) electrons. The van der Waals surface area contributed by atoms with Gasteiger partial charge >= 0.3 is 0 Å². The smallest absolute Gasteiger partial charge is 0.116 e. The summed E-state index contributed by atoms with van der Waals surface area (Å²) < 4.78 is 0. The van der Waals surface area contributed by atoms with Crippen LogP contribution in [0.4, 0.5) is 5.69 Å². The topological polar surface area (TPSA) is 46.2 Å². The van der Waals surface area contributed by atoms with Crippen LogP contribution in [0.3, 0.4) is 0 Å². The molecule has 58 valence electrons. The Morgan fingerprint density at radius 3 is 2.82 bits per heavy atom. The van der Waals surface area contributed by atoms with E-state index < -0.39 is 0 Å². The Labute approximate surface area is 66.0 Å². The zero-order chi connectivity index (χ0) is 8.27. The van der Waals surface area contributed by atoms with Crippen molar-refractivity contribution < 1.29 is 5.11 Å². The first-order valence-electron chi connectivity index (χ1n) is 3.45. The van der Waals surface area contributed by atoms with E-state index in [0.29, 0.717) is 5.69 Å². The zero-order valence-corrected chi connectivity index (χ0v) is 6.41. The van der Waals surface area contributed by atoms with Gasteiger partial charge in [0, 0.05) is 11.3 Å². The van der Waals surface area contributed by atoms with Crippen LogP contribution in [0.1, 0.15) is 12.5 Å². The van der Waals surface area contributed by atoms with E-state index in [1.807, 2.05) is 19.1 Å². The molecular weight excluding hydrogens is 138 g/mol. The third kappa shape index (κ3) is 1.74. The van der Waals surface area contributed by atoms with E-state index in [-0.39, 0.29) is 5.75 Å². The largest absolute Gasteiger partial charge is 0.508 e. The number of aromatic hydroxyl groups is 1. The first kappa shape index (κ1) is 7.66. The summed E-state index contributed by atoms with van der Waals surface area (Å²) in [5.74, 6) is 0.243. The van der Waals surface area contributed by atoms with Gasteiger partial charge < -0.3 is 10.8 Å². The minimum Gasteiger partial charge on any atom is -0.508 e. The van der Waals surface area contributed by atoms with Crippen LogP contribution in [0.2, 0.25) is 0 Å². The normalized spacial score (nSPS) is 10.6. The van der Waals surface area contributed by atoms with Gasteiger partial charge in [-0.25, -0.2) is 0 Å². The van der Waals surface area contributed by atoms with E-state index in [2.05, 4.69) is 0 Å². The Morgan fingerprint density at radius 2 is 2.18 bits per heavy atom. The summed E-state index contributed by atoms with van der Waals surface area (Å²) in [6, 6.07) is 4.89. The van der Waals surface area contributed by atoms with Crippen molar-refractivity contribution in [1.29, 1.82) is 0 Å². The maximum absolute atomic E-state index is 9.07. The van der Waals surface area contributed by atoms with Crippen molar-refractivity contribution in [1.82, 2.24) is 0 Å². The first-order chi connectivity index (χ1) is 5.24. The van der Waals surface area contributed by atoms with E-state index in [0.717, 1.165) is 5.56 Å². The summed E-state index contributed by atoms with van der Waals surface area (Å²) in [4.78, 5) is 0. The van der Waals surface area contributed by atoms with E-state index in [1.165, 1.54) is 0 Å². The van der Waals surface area contributed by atoms with Gasteiger partial charge in [0.1, 0.15) is 5.75 Å². The van der Waals surface area contributed by atoms with Crippen LogP contribution >= 0.6 is 0 Å². The first-order valence-corrected chi connectivity index (χ1v) is 3.45. The molecule has 0 spiro atoms. The predicted octanol–water partition coefficient (Wildman–Crippen LogP) is 2.01. The van der Waals surface area contributed by atoms with E-state index >= 15 is 0 Å². The van der Waals surface area contributed by atoms with Crippen LogP contribution in [0.5, 0.6) is 5.75 Å². The second kappa shape index (κ2) is 3.10. The number of nitrogens with two attached hydrogens (primary N) is 1. The van der Waals surface area contributed by atoms with Crippen molar-refractivity contribution in [2.45, 2.75) is 6.92 Å². The number of hydrogen-bond donors (Lipinski definition) is 2. The highest BCUT2D eigenvalue weighted by molar-refractivity contribution is 5.65. The van der Waals surface area contributed by atoms with Crippen molar-refractivity contribution in [2.75, 3.05) is 5.73 Å². The lowest BCUT2D eigenvalue weighted by molar-refractivity contribution is 0.475. The molecule has 1 aromatic carbocycles. The summed E-state index contributed by atoms with van der Waals surface area (Å²) >= 11 is 0. The minimum atomic E-state index is 0.243. The van der Waals surface area contributed by atoms with Crippen molar-refractivity contribution in [2.24, 2.45) is 0 Å². The molecule has 0 unspecified atom stereocenters. The third-order valence-electron chi connectivity index (χ3n) is 1.42. The van der Waals surface area contributed by atoms with Gasteiger partial charge in [-0.15, -0.1) is 0 Å². The summed E-state index contributed by atoms with van der Waals surface area (Å²) in [7, 11) is 0. The van der Waals surface area contributed by atoms with Gasteiger partial charge in [-0.3, -0.25) is 0 Å². The molecular formula is C9H11NO. The lowest BCUT2D eigenvalue weighted by atomic mass is 10.1. The van der Waals surface area contributed by atoms with Gasteiger partial charge in [0.15, 0.2) is 0 Å². The standard InChI is InChI=1S/C9H11NO/c1-2-3-7-6-8(11)4-5-9(7)10/h2-6,11H,10H2,1H3. The molecule has 0 aliphatic heterocycles. The number of benzene rings is 1. The monoisotopic (exact) mass is 149 g/mol. The fraction of sp³-hybridized carbons (Fsp3) is 0.111. The molecule has 0 fully saturated rings. The van der Waals surface area contributed by atoms with Crippen LogP contribution in [0.25, 0.3) is 6.08 Å². The summed E-state index contributed by atoms with van der Waals surface area (Å²) in [6.07, 6.45) is 3.74. The molecule has 0 atom stereocenters. The highest BCUT2D eigenvalue weighted by Crippen LogP contribution is 2.19. The number of phenolic OH excluding ortho intramolecular Hbond substituents is 1. The fourth-order valence-corrected chi connectivity index (χ4v) is 0.886. The molecule has 3 N–H and O–H groups in total. The molecule has 0 aromatic heterocycles. The highest BCUT2D eigenvalue weighted by Gasteiger charge is 1.94. The molecule has 11 heavy (non-hydrogen) atoms. The molecule has 2 nitrogen and oxygen atoms in total. The van der Waals surface area contributed by atoms with Crippen LogP contribution in [0, 0.1) is 0 Å². The van der Waals surface area contributed by atoms with Crippen molar-refractivity contribution in [3.8, 4) is 5.75 Å². The fourth-order valence-electron chi connectivity index (χ4n) is 0.886. The molecule has 0 saturated carbocycles. The molecule has 0 saturated heterocycles. The molecule has 0 amide bonds. The maximum Gasteiger partial charge on any atom is 0.116 e. The van der Waals surface area contributed by atoms with E-state index in [4.69, 9.17) is 10.8 Å². The van der Waals surface area contributed by atoms with Gasteiger partial charge in [-0.2, -0.15) is 0 Å². The van der Waals surface area contributed by atoms with Crippen molar-refractivity contribution >= 4 is 11.8 Å². The molecule has 0 aliphatic carbocycles. The Hall–Kier alpha value is -1.44. The van der Waals surface area contributed by atoms with E-state index in [9.17, 15) is 0 Å². The summed E-state index contributed by atoms with van der Waals surface area (Å²) in [6.45, 7) is 1.91. The Morgan fingerprint density at radius 1 is 1.45 bits per heavy atom. The SMILES string of the molecule is CC=Cc1cc(O)ccc1N. The lowest BCUT2D eigenvalue weighted by Crippen LogP contribution is -1.87. The molecule has 1 rings (SSSR count). The molecule has 0 bridgehead atoms. The van der Waals surface area contributed by atoms with Crippen LogP contribution in [-0.4, -0.2) is 5.11 Å². The second-order valence-corrected chi connectivity index (χ2v) is 2.31. The van der Waals surface area contributed by atoms with Gasteiger partial charge in [-0.1, -0.05) is 12.2 Å². The van der Waals surface area contributed by atoms with Crippen LogP contribution < -0.4 is 5.73 Å². The molecule has 1 aromatic rings. The van der Waals surface area contributed by atoms with Gasteiger partial charge in [-0.05, 0) is 25.1 Å². The third-order valence-corrected chi connectivity index (χ3v) is 1.42. The number of phenols is 1. The Bertz CT molecular complexity index is 279. The lowest BCUT2D eigenvalue weighted by Gasteiger charge is -1.99. The zero-order valence-electron chi connectivity index (χ0n) is 6.41. The maximum atomic E-state index is 9.07. The summed E-state index contributed by atoms with van der Waals surface area (Å²) in [5.41, 5.74) is 7.15. The number of allylic oxidation sites excluding steroid dienone is 1. The van der Waals surface area contributed by atoms with Gasteiger partial charge in [0.25, 0.3) is 0 Å². The van der Waals surface area contributed by atoms with E-state index in [1.54, 1.807) is 18.2 Å². The Kier molecular flexibility index (Phi) is 2.16. The molecule has 0 aliphatic rings. The second-order valence-electron chi connectivity index (χ2n) is 2.31.